The molecule has 0 bridgehead atoms. The van der Waals surface area contributed by atoms with Crippen LogP contribution in [0.3, 0.4) is 0 Å². The van der Waals surface area contributed by atoms with E-state index in [0.717, 1.165) is 36.3 Å². The maximum atomic E-state index is 12.1. The van der Waals surface area contributed by atoms with Crippen molar-refractivity contribution in [3.63, 3.8) is 0 Å². The maximum Gasteiger partial charge on any atom is 0.229 e. The van der Waals surface area contributed by atoms with Gasteiger partial charge in [0.05, 0.1) is 0 Å². The largest absolute Gasteiger partial charge is 0.398 e. The van der Waals surface area contributed by atoms with Crippen molar-refractivity contribution in [1.29, 1.82) is 0 Å². The number of hydrogen-bond acceptors (Lipinski definition) is 2. The van der Waals surface area contributed by atoms with Crippen molar-refractivity contribution in [3.05, 3.63) is 23.8 Å². The molecule has 16 heavy (non-hydrogen) atoms. The van der Waals surface area contributed by atoms with Gasteiger partial charge in [0, 0.05) is 23.8 Å². The molecule has 0 fully saturated rings. The molecule has 0 atom stereocenters. The molecule has 0 aromatic heterocycles. The van der Waals surface area contributed by atoms with E-state index in [1.807, 2.05) is 36.9 Å². The number of nitrogens with zero attached hydrogens (tertiary/aromatic N) is 1. The van der Waals surface area contributed by atoms with Crippen LogP contribution in [-0.4, -0.2) is 12.5 Å². The van der Waals surface area contributed by atoms with Crippen LogP contribution in [-0.2, 0) is 11.2 Å². The lowest BCUT2D eigenvalue weighted by Gasteiger charge is -2.31. The third-order valence-corrected chi connectivity index (χ3v) is 3.05. The average Bonchev–Trinajstić information content (AvgIpc) is 2.28. The quantitative estimate of drug-likeness (QED) is 0.734. The molecule has 3 nitrogen and oxygen atoms in total. The first kappa shape index (κ1) is 11.0. The van der Waals surface area contributed by atoms with E-state index in [1.54, 1.807) is 0 Å². The maximum absolute atomic E-state index is 12.1. The molecule has 1 amide bonds. The normalized spacial score (nSPS) is 15.1. The van der Waals surface area contributed by atoms with Crippen LogP contribution in [0.25, 0.3) is 0 Å². The molecule has 2 rings (SSSR count). The van der Waals surface area contributed by atoms with E-state index in [4.69, 9.17) is 5.73 Å². The zero-order chi connectivity index (χ0) is 11.7. The van der Waals surface area contributed by atoms with Crippen LogP contribution in [0.5, 0.6) is 0 Å². The highest BCUT2D eigenvalue weighted by atomic mass is 16.2. The summed E-state index contributed by atoms with van der Waals surface area (Å²) in [6.07, 6.45) is 1.98. The van der Waals surface area contributed by atoms with Crippen LogP contribution >= 0.6 is 0 Å². The predicted octanol–water partition coefficient (Wildman–Crippen LogP) is 2.20. The van der Waals surface area contributed by atoms with Gasteiger partial charge in [-0.05, 0) is 30.5 Å². The van der Waals surface area contributed by atoms with Crippen LogP contribution in [0.2, 0.25) is 0 Å². The molecular weight excluding hydrogens is 200 g/mol. The zero-order valence-corrected chi connectivity index (χ0v) is 9.86. The van der Waals surface area contributed by atoms with E-state index in [9.17, 15) is 4.79 Å². The number of amides is 1. The fourth-order valence-electron chi connectivity index (χ4n) is 2.19. The molecule has 0 saturated carbocycles. The number of carbonyl (C=O) groups excluding carboxylic acids is 1. The fourth-order valence-corrected chi connectivity index (χ4v) is 2.19. The lowest BCUT2D eigenvalue weighted by Crippen LogP contribution is -2.38. The van der Waals surface area contributed by atoms with Gasteiger partial charge in [-0.3, -0.25) is 4.79 Å². The summed E-state index contributed by atoms with van der Waals surface area (Å²) in [4.78, 5) is 13.9. The second-order valence-electron chi connectivity index (χ2n) is 4.59. The second-order valence-corrected chi connectivity index (χ2v) is 4.59. The Hall–Kier alpha value is -1.51. The molecule has 1 aliphatic heterocycles. The summed E-state index contributed by atoms with van der Waals surface area (Å²) in [7, 11) is 0. The molecule has 0 aliphatic carbocycles. The third-order valence-electron chi connectivity index (χ3n) is 3.05. The molecule has 2 N–H and O–H groups in total. The molecule has 1 aliphatic rings. The summed E-state index contributed by atoms with van der Waals surface area (Å²) >= 11 is 0. The second kappa shape index (κ2) is 4.16. The molecule has 0 saturated heterocycles. The number of nitrogen functional groups attached to an aromatic ring is 1. The first-order chi connectivity index (χ1) is 7.61. The smallest absolute Gasteiger partial charge is 0.229 e. The minimum Gasteiger partial charge on any atom is -0.398 e. The Morgan fingerprint density at radius 2 is 2.19 bits per heavy atom. The lowest BCUT2D eigenvalue weighted by atomic mass is 9.98. The lowest BCUT2D eigenvalue weighted by molar-refractivity contribution is -0.121. The third kappa shape index (κ3) is 1.77. The number of anilines is 2. The Bertz CT molecular complexity index is 412. The van der Waals surface area contributed by atoms with Gasteiger partial charge in [0.2, 0.25) is 5.91 Å². The molecular formula is C13H18N2O. The minimum absolute atomic E-state index is 0.0346. The monoisotopic (exact) mass is 218 g/mol. The number of hydrogen-bond donors (Lipinski definition) is 1. The van der Waals surface area contributed by atoms with E-state index in [0.29, 0.717) is 0 Å². The highest BCUT2D eigenvalue weighted by Gasteiger charge is 2.24. The van der Waals surface area contributed by atoms with Crippen molar-refractivity contribution >= 4 is 17.3 Å². The van der Waals surface area contributed by atoms with Crippen molar-refractivity contribution in [2.75, 3.05) is 17.2 Å². The first-order valence-electron chi connectivity index (χ1n) is 5.80. The number of rotatable bonds is 1. The van der Waals surface area contributed by atoms with Crippen LogP contribution in [0.15, 0.2) is 18.2 Å². The zero-order valence-electron chi connectivity index (χ0n) is 9.86. The van der Waals surface area contributed by atoms with Gasteiger partial charge < -0.3 is 10.6 Å². The fraction of sp³-hybridized carbons (Fsp3) is 0.462. The summed E-state index contributed by atoms with van der Waals surface area (Å²) in [6, 6.07) is 5.81. The van der Waals surface area contributed by atoms with Gasteiger partial charge in [0.15, 0.2) is 0 Å². The molecule has 86 valence electrons. The molecule has 3 heteroatoms. The number of carbonyl (C=O) groups is 1. The van der Waals surface area contributed by atoms with Crippen LogP contribution in [0.1, 0.15) is 25.8 Å². The Labute approximate surface area is 96.2 Å². The van der Waals surface area contributed by atoms with Gasteiger partial charge in [0.25, 0.3) is 0 Å². The van der Waals surface area contributed by atoms with Gasteiger partial charge >= 0.3 is 0 Å². The van der Waals surface area contributed by atoms with Crippen molar-refractivity contribution < 1.29 is 4.79 Å². The Kier molecular flexibility index (Phi) is 2.86. The summed E-state index contributed by atoms with van der Waals surface area (Å²) in [6.45, 7) is 4.68. The van der Waals surface area contributed by atoms with Gasteiger partial charge in [-0.2, -0.15) is 0 Å². The summed E-state index contributed by atoms with van der Waals surface area (Å²) < 4.78 is 0. The summed E-state index contributed by atoms with van der Waals surface area (Å²) in [5.74, 6) is 0.221. The van der Waals surface area contributed by atoms with Gasteiger partial charge in [0.1, 0.15) is 0 Å². The highest BCUT2D eigenvalue weighted by Crippen LogP contribution is 2.31. The van der Waals surface area contributed by atoms with E-state index in [-0.39, 0.29) is 11.8 Å². The van der Waals surface area contributed by atoms with Crippen molar-refractivity contribution in [3.8, 4) is 0 Å². The molecule has 1 aromatic carbocycles. The van der Waals surface area contributed by atoms with Gasteiger partial charge in [-0.25, -0.2) is 0 Å². The summed E-state index contributed by atoms with van der Waals surface area (Å²) in [5.41, 5.74) is 8.88. The van der Waals surface area contributed by atoms with E-state index in [2.05, 4.69) is 0 Å². The first-order valence-corrected chi connectivity index (χ1v) is 5.80. The average molecular weight is 218 g/mol. The summed E-state index contributed by atoms with van der Waals surface area (Å²) in [5, 5.41) is 0. The van der Waals surface area contributed by atoms with E-state index in [1.165, 1.54) is 0 Å². The molecule has 0 radical (unpaired) electrons. The number of benzene rings is 1. The standard InChI is InChI=1S/C13H18N2O/c1-9(2)13(16)15-8-4-5-10-11(14)6-3-7-12(10)15/h3,6-7,9H,4-5,8,14H2,1-2H3. The van der Waals surface area contributed by atoms with E-state index < -0.39 is 0 Å². The number of nitrogens with two attached hydrogens (primary N) is 1. The van der Waals surface area contributed by atoms with Crippen molar-refractivity contribution in [2.24, 2.45) is 5.92 Å². The Balaban J connectivity index is 2.41. The van der Waals surface area contributed by atoms with Crippen LogP contribution < -0.4 is 10.6 Å². The molecule has 0 spiro atoms. The minimum atomic E-state index is 0.0346. The van der Waals surface area contributed by atoms with E-state index >= 15 is 0 Å². The van der Waals surface area contributed by atoms with Crippen LogP contribution in [0, 0.1) is 5.92 Å². The van der Waals surface area contributed by atoms with Crippen molar-refractivity contribution in [1.82, 2.24) is 0 Å². The Morgan fingerprint density at radius 3 is 2.88 bits per heavy atom. The van der Waals surface area contributed by atoms with Crippen molar-refractivity contribution in [2.45, 2.75) is 26.7 Å². The molecule has 0 unspecified atom stereocenters. The van der Waals surface area contributed by atoms with Crippen LogP contribution in [0.4, 0.5) is 11.4 Å². The molecule has 1 heterocycles. The Morgan fingerprint density at radius 1 is 1.44 bits per heavy atom. The highest BCUT2D eigenvalue weighted by molar-refractivity contribution is 5.96. The number of fused-ring (bicyclic) bond motifs is 1. The predicted molar refractivity (Wildman–Crippen MR) is 66.4 cm³/mol. The van der Waals surface area contributed by atoms with Gasteiger partial charge in [-0.15, -0.1) is 0 Å². The topological polar surface area (TPSA) is 46.3 Å². The SMILES string of the molecule is CC(C)C(=O)N1CCCc2c(N)cccc21. The van der Waals surface area contributed by atoms with Gasteiger partial charge in [-0.1, -0.05) is 19.9 Å². The molecule has 1 aromatic rings.